The van der Waals surface area contributed by atoms with Gasteiger partial charge in [-0.3, -0.25) is 4.79 Å². The van der Waals surface area contributed by atoms with Crippen molar-refractivity contribution in [3.8, 4) is 0 Å². The van der Waals surface area contributed by atoms with Crippen LogP contribution in [0.5, 0.6) is 0 Å². The molecule has 0 spiro atoms. The van der Waals surface area contributed by atoms with Crippen LogP contribution in [0.1, 0.15) is 30.3 Å². The molecule has 1 aromatic rings. The van der Waals surface area contributed by atoms with Gasteiger partial charge in [-0.05, 0) is 36.3 Å². The first-order valence-corrected chi connectivity index (χ1v) is 8.21. The average Bonchev–Trinajstić information content (AvgIpc) is 3.05. The molecule has 2 aliphatic rings. The highest BCUT2D eigenvalue weighted by Crippen LogP contribution is 2.34. The molecule has 6 heteroatoms. The lowest BCUT2D eigenvalue weighted by Crippen LogP contribution is -2.46. The van der Waals surface area contributed by atoms with E-state index >= 15 is 0 Å². The lowest BCUT2D eigenvalue weighted by molar-refractivity contribution is -0.142. The predicted molar refractivity (Wildman–Crippen MR) is 80.4 cm³/mol. The summed E-state index contributed by atoms with van der Waals surface area (Å²) in [6, 6.07) is 2.15. The Morgan fingerprint density at radius 3 is 2.76 bits per heavy atom. The summed E-state index contributed by atoms with van der Waals surface area (Å²) in [4.78, 5) is 28.9. The fourth-order valence-electron chi connectivity index (χ4n) is 3.40. The first kappa shape index (κ1) is 14.4. The molecule has 1 fully saturated rings. The van der Waals surface area contributed by atoms with Gasteiger partial charge in [0.2, 0.25) is 0 Å². The van der Waals surface area contributed by atoms with Crippen molar-refractivity contribution < 1.29 is 14.7 Å². The van der Waals surface area contributed by atoms with Gasteiger partial charge in [0.15, 0.2) is 0 Å². The molecule has 3 heterocycles. The molecule has 3 rings (SSSR count). The van der Waals surface area contributed by atoms with E-state index in [1.807, 2.05) is 11.8 Å². The molecule has 0 aromatic carbocycles. The minimum atomic E-state index is -0.801. The summed E-state index contributed by atoms with van der Waals surface area (Å²) in [6.45, 7) is 5.54. The fraction of sp³-hybridized carbons (Fsp3) is 0.600. The largest absolute Gasteiger partial charge is 0.481 e. The highest BCUT2D eigenvalue weighted by molar-refractivity contribution is 7.10. The van der Waals surface area contributed by atoms with Gasteiger partial charge in [-0.15, -0.1) is 11.3 Å². The van der Waals surface area contributed by atoms with E-state index < -0.39 is 11.9 Å². The maximum absolute atomic E-state index is 12.7. The van der Waals surface area contributed by atoms with Gasteiger partial charge in [0, 0.05) is 24.5 Å². The van der Waals surface area contributed by atoms with Crippen molar-refractivity contribution in [2.45, 2.75) is 26.3 Å². The number of aliphatic carboxylic acids is 1. The summed E-state index contributed by atoms with van der Waals surface area (Å²) in [5, 5.41) is 11.3. The molecular weight excluding hydrogens is 288 g/mol. The summed E-state index contributed by atoms with van der Waals surface area (Å²) in [5.74, 6) is -1.22. The van der Waals surface area contributed by atoms with Crippen LogP contribution in [0.25, 0.3) is 0 Å². The molecule has 1 N–H and O–H groups in total. The molecule has 114 valence electrons. The summed E-state index contributed by atoms with van der Waals surface area (Å²) < 4.78 is 0. The van der Waals surface area contributed by atoms with Crippen molar-refractivity contribution >= 4 is 23.3 Å². The van der Waals surface area contributed by atoms with Gasteiger partial charge in [-0.2, -0.15) is 0 Å². The zero-order valence-electron chi connectivity index (χ0n) is 12.3. The number of fused-ring (bicyclic) bond motifs is 1. The van der Waals surface area contributed by atoms with E-state index in [2.05, 4.69) is 18.4 Å². The van der Waals surface area contributed by atoms with Crippen LogP contribution in [0.3, 0.4) is 0 Å². The summed E-state index contributed by atoms with van der Waals surface area (Å²) in [5.41, 5.74) is 1.24. The molecule has 1 aromatic heterocycles. The standard InChI is InChI=1S/C15H20N2O3S/c1-9-7-16(8-12(9)14(18)19)15(20)17-5-3-13-11(10(17)2)4-6-21-13/h4,6,9-10,12H,3,5,7-8H2,1-2H3,(H,18,19)/t9-,10?,12-/m1/s1. The lowest BCUT2D eigenvalue weighted by Gasteiger charge is -2.36. The Labute approximate surface area is 128 Å². The minimum Gasteiger partial charge on any atom is -0.481 e. The molecule has 0 radical (unpaired) electrons. The monoisotopic (exact) mass is 308 g/mol. The van der Waals surface area contributed by atoms with Crippen molar-refractivity contribution in [2.75, 3.05) is 19.6 Å². The highest BCUT2D eigenvalue weighted by atomic mass is 32.1. The number of carboxylic acid groups (broad SMARTS) is 1. The van der Waals surface area contributed by atoms with Crippen molar-refractivity contribution in [1.82, 2.24) is 9.80 Å². The molecule has 1 unspecified atom stereocenters. The number of thiophene rings is 1. The SMILES string of the molecule is CC1c2ccsc2CCN1C(=O)N1C[C@@H](C)[C@H](C(=O)O)C1. The molecule has 0 bridgehead atoms. The summed E-state index contributed by atoms with van der Waals surface area (Å²) >= 11 is 1.75. The Balaban J connectivity index is 1.74. The maximum Gasteiger partial charge on any atom is 0.320 e. The third-order valence-corrected chi connectivity index (χ3v) is 5.72. The molecule has 5 nitrogen and oxygen atoms in total. The second kappa shape index (κ2) is 5.33. The van der Waals surface area contributed by atoms with Crippen LogP contribution in [0.2, 0.25) is 0 Å². The Kier molecular flexibility index (Phi) is 3.65. The van der Waals surface area contributed by atoms with Gasteiger partial charge in [0.25, 0.3) is 0 Å². The van der Waals surface area contributed by atoms with E-state index in [-0.39, 0.29) is 18.0 Å². The van der Waals surface area contributed by atoms with Crippen molar-refractivity contribution in [1.29, 1.82) is 0 Å². The quantitative estimate of drug-likeness (QED) is 0.867. The van der Waals surface area contributed by atoms with Crippen molar-refractivity contribution in [3.05, 3.63) is 21.9 Å². The number of hydrogen-bond acceptors (Lipinski definition) is 3. The molecule has 21 heavy (non-hydrogen) atoms. The zero-order chi connectivity index (χ0) is 15.1. The second-order valence-corrected chi connectivity index (χ2v) is 7.03. The molecule has 0 aliphatic carbocycles. The lowest BCUT2D eigenvalue weighted by atomic mass is 9.99. The van der Waals surface area contributed by atoms with Crippen LogP contribution >= 0.6 is 11.3 Å². The average molecular weight is 308 g/mol. The maximum atomic E-state index is 12.7. The number of nitrogens with zero attached hydrogens (tertiary/aromatic N) is 2. The van der Waals surface area contributed by atoms with E-state index in [0.717, 1.165) is 13.0 Å². The van der Waals surface area contributed by atoms with Crippen LogP contribution in [-0.2, 0) is 11.2 Å². The summed E-state index contributed by atoms with van der Waals surface area (Å²) in [6.07, 6.45) is 0.898. The van der Waals surface area contributed by atoms with Crippen LogP contribution < -0.4 is 0 Å². The first-order chi connectivity index (χ1) is 9.99. The van der Waals surface area contributed by atoms with E-state index in [1.165, 1.54) is 10.4 Å². The highest BCUT2D eigenvalue weighted by Gasteiger charge is 2.40. The Morgan fingerprint density at radius 1 is 1.33 bits per heavy atom. The van der Waals surface area contributed by atoms with Crippen molar-refractivity contribution in [3.63, 3.8) is 0 Å². The van der Waals surface area contributed by atoms with E-state index in [4.69, 9.17) is 0 Å². The van der Waals surface area contributed by atoms with Gasteiger partial charge in [-0.25, -0.2) is 4.79 Å². The Bertz CT molecular complexity index is 571. The van der Waals surface area contributed by atoms with Crippen LogP contribution in [0.4, 0.5) is 4.79 Å². The molecule has 3 atom stereocenters. The van der Waals surface area contributed by atoms with Crippen LogP contribution in [0.15, 0.2) is 11.4 Å². The van der Waals surface area contributed by atoms with E-state index in [9.17, 15) is 14.7 Å². The molecule has 2 aliphatic heterocycles. The van der Waals surface area contributed by atoms with E-state index in [1.54, 1.807) is 16.2 Å². The Hall–Kier alpha value is -1.56. The number of likely N-dealkylation sites (tertiary alicyclic amines) is 1. The molecule has 1 saturated heterocycles. The Morgan fingerprint density at radius 2 is 2.10 bits per heavy atom. The van der Waals surface area contributed by atoms with Gasteiger partial charge in [-0.1, -0.05) is 6.92 Å². The predicted octanol–water partition coefficient (Wildman–Crippen LogP) is 2.44. The first-order valence-electron chi connectivity index (χ1n) is 7.33. The van der Waals surface area contributed by atoms with Crippen molar-refractivity contribution in [2.24, 2.45) is 11.8 Å². The summed E-state index contributed by atoms with van der Waals surface area (Å²) in [7, 11) is 0. The normalized spacial score (nSPS) is 28.6. The van der Waals surface area contributed by atoms with Gasteiger partial charge < -0.3 is 14.9 Å². The molecule has 0 saturated carbocycles. The van der Waals surface area contributed by atoms with Gasteiger partial charge >= 0.3 is 12.0 Å². The van der Waals surface area contributed by atoms with E-state index in [0.29, 0.717) is 13.1 Å². The number of hydrogen-bond donors (Lipinski definition) is 1. The topological polar surface area (TPSA) is 60.9 Å². The minimum absolute atomic E-state index is 0.0169. The fourth-order valence-corrected chi connectivity index (χ4v) is 4.36. The number of rotatable bonds is 1. The smallest absolute Gasteiger partial charge is 0.320 e. The molecule has 2 amide bonds. The number of carbonyl (C=O) groups excluding carboxylic acids is 1. The third kappa shape index (κ3) is 2.41. The number of urea groups is 1. The van der Waals surface area contributed by atoms with Gasteiger partial charge in [0.05, 0.1) is 12.0 Å². The second-order valence-electron chi connectivity index (χ2n) is 6.03. The van der Waals surface area contributed by atoms with Gasteiger partial charge in [0.1, 0.15) is 0 Å². The molecular formula is C15H20N2O3S. The van der Waals surface area contributed by atoms with Crippen LogP contribution in [0, 0.1) is 11.8 Å². The number of carbonyl (C=O) groups is 2. The third-order valence-electron chi connectivity index (χ3n) is 4.72. The number of carboxylic acids is 1. The number of amides is 2. The zero-order valence-corrected chi connectivity index (χ0v) is 13.1. The van der Waals surface area contributed by atoms with Crippen LogP contribution in [-0.4, -0.2) is 46.5 Å².